The van der Waals surface area contributed by atoms with Gasteiger partial charge in [-0.15, -0.1) is 0 Å². The fourth-order valence-electron chi connectivity index (χ4n) is 6.22. The number of hydrogen-bond acceptors (Lipinski definition) is 4. The van der Waals surface area contributed by atoms with E-state index in [2.05, 4.69) is 94.8 Å². The summed E-state index contributed by atoms with van der Waals surface area (Å²) < 4.78 is 12.6. The van der Waals surface area contributed by atoms with Crippen LogP contribution in [0, 0.1) is 0 Å². The monoisotopic (exact) mass is 567 g/mol. The summed E-state index contributed by atoms with van der Waals surface area (Å²) in [6.07, 6.45) is 1.90. The predicted octanol–water partition coefficient (Wildman–Crippen LogP) is 11.0. The van der Waals surface area contributed by atoms with Crippen molar-refractivity contribution < 1.29 is 8.83 Å². The highest BCUT2D eigenvalue weighted by molar-refractivity contribution is 6.13. The molecule has 1 N–H and O–H groups in total. The van der Waals surface area contributed by atoms with Gasteiger partial charge in [0, 0.05) is 22.2 Å². The summed E-state index contributed by atoms with van der Waals surface area (Å²) in [4.78, 5) is 10.7. The van der Waals surface area contributed by atoms with Crippen molar-refractivity contribution in [1.82, 2.24) is 9.97 Å². The molecule has 0 saturated heterocycles. The third-order valence-corrected chi connectivity index (χ3v) is 8.32. The highest BCUT2D eigenvalue weighted by Crippen LogP contribution is 2.43. The number of nitrogens with one attached hydrogen (secondary N) is 1. The van der Waals surface area contributed by atoms with Gasteiger partial charge in [-0.05, 0) is 53.1 Å². The number of para-hydroxylation sites is 2. The maximum Gasteiger partial charge on any atom is 0.212 e. The van der Waals surface area contributed by atoms with Crippen LogP contribution in [0.1, 0.15) is 0 Å². The van der Waals surface area contributed by atoms with E-state index in [1.54, 1.807) is 0 Å². The Bertz CT molecular complexity index is 2450. The molecule has 9 rings (SSSR count). The summed E-state index contributed by atoms with van der Waals surface area (Å²) in [5.74, 6) is 0.695. The van der Waals surface area contributed by atoms with Gasteiger partial charge in [0.15, 0.2) is 0 Å². The van der Waals surface area contributed by atoms with Gasteiger partial charge in [0.1, 0.15) is 22.3 Å². The summed E-state index contributed by atoms with van der Waals surface area (Å²) >= 11 is 0. The number of aromatic amines is 1. The highest BCUT2D eigenvalue weighted by atomic mass is 16.3. The van der Waals surface area contributed by atoms with E-state index in [-0.39, 0.29) is 0 Å². The zero-order chi connectivity index (χ0) is 29.0. The maximum atomic E-state index is 6.30. The van der Waals surface area contributed by atoms with Gasteiger partial charge in [0.25, 0.3) is 0 Å². The first-order valence-corrected chi connectivity index (χ1v) is 14.6. The largest absolute Gasteiger partial charge is 0.456 e. The van der Waals surface area contributed by atoms with Crippen LogP contribution in [-0.4, -0.2) is 9.97 Å². The number of anilines is 3. The first-order chi connectivity index (χ1) is 21.8. The Hall–Kier alpha value is -6.07. The molecule has 0 unspecified atom stereocenters. The highest BCUT2D eigenvalue weighted by Gasteiger charge is 2.22. The third kappa shape index (κ3) is 3.91. The average Bonchev–Trinajstić information content (AvgIpc) is 3.81. The lowest BCUT2D eigenvalue weighted by Gasteiger charge is -2.23. The van der Waals surface area contributed by atoms with Crippen LogP contribution in [0.2, 0.25) is 0 Å². The molecule has 3 aromatic heterocycles. The molecule has 0 amide bonds. The zero-order valence-electron chi connectivity index (χ0n) is 23.6. The molecule has 9 aromatic rings. The van der Waals surface area contributed by atoms with Crippen LogP contribution in [-0.2, 0) is 0 Å². The van der Waals surface area contributed by atoms with Crippen LogP contribution >= 0.6 is 0 Å². The number of nitrogens with zero attached hydrogens (tertiary/aromatic N) is 2. The molecule has 0 aliphatic carbocycles. The molecule has 0 bridgehead atoms. The Balaban J connectivity index is 1.21. The van der Waals surface area contributed by atoms with Crippen molar-refractivity contribution in [3.63, 3.8) is 0 Å². The standard InChI is InChI=1S/C39H25N3O2/c1-2-9-25(10-3-1)26-17-19-27(20-18-26)32-24-40-39(41-32)42(28-21-22-30-29-11-4-6-14-34(29)44-37(30)23-28)33-13-8-16-36-38(33)31-12-5-7-15-35(31)43-36/h1-24H,(H,40,41). The van der Waals surface area contributed by atoms with E-state index < -0.39 is 0 Å². The van der Waals surface area contributed by atoms with Crippen molar-refractivity contribution in [2.75, 3.05) is 4.90 Å². The van der Waals surface area contributed by atoms with Crippen LogP contribution in [0.3, 0.4) is 0 Å². The van der Waals surface area contributed by atoms with Crippen LogP contribution in [0.5, 0.6) is 0 Å². The fourth-order valence-corrected chi connectivity index (χ4v) is 6.22. The van der Waals surface area contributed by atoms with Crippen LogP contribution in [0.4, 0.5) is 17.3 Å². The quantitative estimate of drug-likeness (QED) is 0.225. The van der Waals surface area contributed by atoms with Crippen LogP contribution in [0.25, 0.3) is 66.3 Å². The summed E-state index contributed by atoms with van der Waals surface area (Å²) in [6.45, 7) is 0. The lowest BCUT2D eigenvalue weighted by molar-refractivity contribution is 0.669. The minimum absolute atomic E-state index is 0.695. The van der Waals surface area contributed by atoms with E-state index >= 15 is 0 Å². The number of hydrogen-bond donors (Lipinski definition) is 1. The predicted molar refractivity (Wildman–Crippen MR) is 179 cm³/mol. The SMILES string of the molecule is c1ccc(-c2ccc(-c3cnc(N(c4ccc5c(c4)oc4ccccc45)c4cccc5oc6ccccc6c45)[nH]3)cc2)cc1. The molecule has 5 heteroatoms. The van der Waals surface area contributed by atoms with Crippen molar-refractivity contribution in [2.24, 2.45) is 0 Å². The smallest absolute Gasteiger partial charge is 0.212 e. The summed E-state index contributed by atoms with van der Waals surface area (Å²) in [5.41, 5.74) is 9.60. The van der Waals surface area contributed by atoms with E-state index in [1.807, 2.05) is 60.8 Å². The van der Waals surface area contributed by atoms with Crippen LogP contribution in [0.15, 0.2) is 155 Å². The van der Waals surface area contributed by atoms with Crippen molar-refractivity contribution >= 4 is 61.2 Å². The third-order valence-electron chi connectivity index (χ3n) is 8.32. The van der Waals surface area contributed by atoms with Gasteiger partial charge in [-0.3, -0.25) is 4.90 Å². The zero-order valence-corrected chi connectivity index (χ0v) is 23.6. The van der Waals surface area contributed by atoms with Crippen LogP contribution < -0.4 is 4.90 Å². The van der Waals surface area contributed by atoms with E-state index in [0.29, 0.717) is 5.95 Å². The Labute approximate surface area is 252 Å². The van der Waals surface area contributed by atoms with E-state index in [9.17, 15) is 0 Å². The molecule has 3 heterocycles. The average molecular weight is 568 g/mol. The van der Waals surface area contributed by atoms with Gasteiger partial charge >= 0.3 is 0 Å². The molecule has 0 aliphatic rings. The molecule has 0 aliphatic heterocycles. The number of furan rings is 2. The Morgan fingerprint density at radius 3 is 1.98 bits per heavy atom. The summed E-state index contributed by atoms with van der Waals surface area (Å²) in [7, 11) is 0. The molecule has 0 spiro atoms. The second kappa shape index (κ2) is 9.75. The Morgan fingerprint density at radius 2 is 1.14 bits per heavy atom. The molecule has 0 atom stereocenters. The lowest BCUT2D eigenvalue weighted by atomic mass is 10.0. The first-order valence-electron chi connectivity index (χ1n) is 14.6. The van der Waals surface area contributed by atoms with Crippen molar-refractivity contribution in [1.29, 1.82) is 0 Å². The number of rotatable bonds is 5. The lowest BCUT2D eigenvalue weighted by Crippen LogP contribution is -2.12. The molecule has 0 radical (unpaired) electrons. The molecule has 0 fully saturated rings. The van der Waals surface area contributed by atoms with Crippen molar-refractivity contribution in [2.45, 2.75) is 0 Å². The number of aromatic nitrogens is 2. The number of H-pyrrole nitrogens is 1. The van der Waals surface area contributed by atoms with Crippen molar-refractivity contribution in [3.05, 3.63) is 146 Å². The second-order valence-electron chi connectivity index (χ2n) is 10.9. The second-order valence-corrected chi connectivity index (χ2v) is 10.9. The topological polar surface area (TPSA) is 58.2 Å². The molecule has 0 saturated carbocycles. The number of benzene rings is 6. The van der Waals surface area contributed by atoms with E-state index in [4.69, 9.17) is 13.8 Å². The molecule has 44 heavy (non-hydrogen) atoms. The molecule has 208 valence electrons. The maximum absolute atomic E-state index is 6.30. The number of fused-ring (bicyclic) bond motifs is 6. The van der Waals surface area contributed by atoms with Gasteiger partial charge in [-0.1, -0.05) is 97.1 Å². The molecular formula is C39H25N3O2. The van der Waals surface area contributed by atoms with E-state index in [0.717, 1.165) is 66.5 Å². The van der Waals surface area contributed by atoms with Crippen molar-refractivity contribution in [3.8, 4) is 22.4 Å². The van der Waals surface area contributed by atoms with Gasteiger partial charge in [-0.2, -0.15) is 0 Å². The minimum atomic E-state index is 0.695. The van der Waals surface area contributed by atoms with Gasteiger partial charge in [-0.25, -0.2) is 4.98 Å². The minimum Gasteiger partial charge on any atom is -0.456 e. The number of imidazole rings is 1. The summed E-state index contributed by atoms with van der Waals surface area (Å²) in [5, 5.41) is 4.26. The normalized spacial score (nSPS) is 11.6. The molecule has 5 nitrogen and oxygen atoms in total. The Kier molecular flexibility index (Phi) is 5.43. The fraction of sp³-hybridized carbons (Fsp3) is 0. The van der Waals surface area contributed by atoms with E-state index in [1.165, 1.54) is 11.1 Å². The van der Waals surface area contributed by atoms with Gasteiger partial charge in [0.2, 0.25) is 5.95 Å². The molecule has 6 aromatic carbocycles. The van der Waals surface area contributed by atoms with Gasteiger partial charge in [0.05, 0.1) is 28.7 Å². The summed E-state index contributed by atoms with van der Waals surface area (Å²) in [6, 6.07) is 47.8. The molecular weight excluding hydrogens is 542 g/mol. The first kappa shape index (κ1) is 24.5. The Morgan fingerprint density at radius 1 is 0.500 bits per heavy atom. The van der Waals surface area contributed by atoms with Gasteiger partial charge < -0.3 is 13.8 Å².